The number of hydrogen-bond acceptors (Lipinski definition) is 2. The highest BCUT2D eigenvalue weighted by molar-refractivity contribution is 9.11. The Bertz CT molecular complexity index is 512. The molecule has 0 saturated carbocycles. The molecule has 0 radical (unpaired) electrons. The Morgan fingerprint density at radius 2 is 1.94 bits per heavy atom. The molecule has 0 amide bonds. The highest BCUT2D eigenvalue weighted by Crippen LogP contribution is 2.32. The maximum absolute atomic E-state index is 13.8. The maximum Gasteiger partial charge on any atom is 0.142 e. The van der Waals surface area contributed by atoms with Crippen molar-refractivity contribution in [2.24, 2.45) is 5.73 Å². The highest BCUT2D eigenvalue weighted by Gasteiger charge is 2.16. The summed E-state index contributed by atoms with van der Waals surface area (Å²) in [5, 5.41) is 0. The average Bonchev–Trinajstić information content (AvgIpc) is 2.68. The van der Waals surface area contributed by atoms with Crippen LogP contribution in [0.5, 0.6) is 0 Å². The number of nitrogens with two attached hydrogens (primary N) is 1. The zero-order valence-corrected chi connectivity index (χ0v) is 12.1. The standard InChI is InChI=1S/C11H8Br2FNS/c12-7-3-1-2-6(10(7)14)11(15)8-4-5-9(13)16-8/h1-5,11H,15H2. The third kappa shape index (κ3) is 2.37. The summed E-state index contributed by atoms with van der Waals surface area (Å²) in [5.74, 6) is -0.292. The lowest BCUT2D eigenvalue weighted by molar-refractivity contribution is 0.594. The molecule has 2 aromatic rings. The Labute approximate surface area is 114 Å². The molecule has 0 aliphatic heterocycles. The first-order valence-corrected chi connectivity index (χ1v) is 6.94. The average molecular weight is 365 g/mol. The predicted molar refractivity (Wildman–Crippen MR) is 72.1 cm³/mol. The van der Waals surface area contributed by atoms with E-state index in [4.69, 9.17) is 5.73 Å². The first-order chi connectivity index (χ1) is 7.59. The zero-order chi connectivity index (χ0) is 11.7. The van der Waals surface area contributed by atoms with Crippen LogP contribution in [0.25, 0.3) is 0 Å². The molecule has 0 saturated heterocycles. The molecule has 1 nitrogen and oxygen atoms in total. The molecule has 1 aromatic carbocycles. The molecular weight excluding hydrogens is 357 g/mol. The van der Waals surface area contributed by atoms with E-state index >= 15 is 0 Å². The number of benzene rings is 1. The van der Waals surface area contributed by atoms with E-state index < -0.39 is 6.04 Å². The van der Waals surface area contributed by atoms with Gasteiger partial charge in [-0.2, -0.15) is 0 Å². The van der Waals surface area contributed by atoms with E-state index in [0.29, 0.717) is 10.0 Å². The van der Waals surface area contributed by atoms with Gasteiger partial charge in [-0.1, -0.05) is 12.1 Å². The van der Waals surface area contributed by atoms with E-state index in [2.05, 4.69) is 31.9 Å². The molecule has 1 heterocycles. The van der Waals surface area contributed by atoms with Gasteiger partial charge >= 0.3 is 0 Å². The second-order valence-electron chi connectivity index (χ2n) is 3.26. The van der Waals surface area contributed by atoms with Crippen molar-refractivity contribution in [1.29, 1.82) is 0 Å². The van der Waals surface area contributed by atoms with Crippen molar-refractivity contribution >= 4 is 43.2 Å². The fourth-order valence-corrected chi connectivity index (χ4v) is 3.24. The minimum Gasteiger partial charge on any atom is -0.320 e. The Balaban J connectivity index is 2.41. The van der Waals surface area contributed by atoms with Crippen molar-refractivity contribution in [2.45, 2.75) is 6.04 Å². The molecule has 0 aliphatic rings. The van der Waals surface area contributed by atoms with Gasteiger partial charge in [0.25, 0.3) is 0 Å². The van der Waals surface area contributed by atoms with Crippen LogP contribution in [0.1, 0.15) is 16.5 Å². The van der Waals surface area contributed by atoms with Crippen LogP contribution in [0.15, 0.2) is 38.6 Å². The van der Waals surface area contributed by atoms with Gasteiger partial charge in [0, 0.05) is 10.4 Å². The fourth-order valence-electron chi connectivity index (χ4n) is 1.41. The Morgan fingerprint density at radius 3 is 2.56 bits per heavy atom. The van der Waals surface area contributed by atoms with Crippen LogP contribution in [-0.4, -0.2) is 0 Å². The summed E-state index contributed by atoms with van der Waals surface area (Å²) in [6.45, 7) is 0. The molecule has 0 fully saturated rings. The zero-order valence-electron chi connectivity index (χ0n) is 8.08. The van der Waals surface area contributed by atoms with Crippen molar-refractivity contribution in [2.75, 3.05) is 0 Å². The van der Waals surface area contributed by atoms with Gasteiger partial charge in [-0.05, 0) is 50.1 Å². The molecule has 16 heavy (non-hydrogen) atoms. The van der Waals surface area contributed by atoms with Gasteiger partial charge in [-0.25, -0.2) is 4.39 Å². The normalized spacial score (nSPS) is 12.8. The highest BCUT2D eigenvalue weighted by atomic mass is 79.9. The van der Waals surface area contributed by atoms with Gasteiger partial charge in [0.2, 0.25) is 0 Å². The van der Waals surface area contributed by atoms with Gasteiger partial charge in [-0.3, -0.25) is 0 Å². The third-order valence-corrected chi connectivity index (χ3v) is 4.54. The lowest BCUT2D eigenvalue weighted by Gasteiger charge is -2.11. The van der Waals surface area contributed by atoms with Crippen molar-refractivity contribution in [3.8, 4) is 0 Å². The van der Waals surface area contributed by atoms with Gasteiger partial charge in [0.15, 0.2) is 0 Å². The lowest BCUT2D eigenvalue weighted by Crippen LogP contribution is -2.12. The molecule has 84 valence electrons. The second-order valence-corrected chi connectivity index (χ2v) is 6.61. The minimum absolute atomic E-state index is 0.292. The van der Waals surface area contributed by atoms with Gasteiger partial charge in [-0.15, -0.1) is 11.3 Å². The van der Waals surface area contributed by atoms with Crippen LogP contribution in [0.3, 0.4) is 0 Å². The maximum atomic E-state index is 13.8. The predicted octanol–water partition coefficient (Wildman–Crippen LogP) is 4.46. The summed E-state index contributed by atoms with van der Waals surface area (Å²) in [5.41, 5.74) is 6.53. The van der Waals surface area contributed by atoms with Gasteiger partial charge in [0.05, 0.1) is 14.3 Å². The number of rotatable bonds is 2. The smallest absolute Gasteiger partial charge is 0.142 e. The fraction of sp³-hybridized carbons (Fsp3) is 0.0909. The van der Waals surface area contributed by atoms with Crippen LogP contribution in [-0.2, 0) is 0 Å². The first kappa shape index (κ1) is 12.2. The molecule has 1 unspecified atom stereocenters. The molecule has 0 bridgehead atoms. The van der Waals surface area contributed by atoms with E-state index in [0.717, 1.165) is 8.66 Å². The van der Waals surface area contributed by atoms with E-state index in [1.54, 1.807) is 18.2 Å². The first-order valence-electron chi connectivity index (χ1n) is 4.54. The van der Waals surface area contributed by atoms with Crippen LogP contribution < -0.4 is 5.73 Å². The molecule has 2 N–H and O–H groups in total. The summed E-state index contributed by atoms with van der Waals surface area (Å²) in [4.78, 5) is 0.934. The topological polar surface area (TPSA) is 26.0 Å². The van der Waals surface area contributed by atoms with Crippen LogP contribution in [0.4, 0.5) is 4.39 Å². The summed E-state index contributed by atoms with van der Waals surface area (Å²) in [6.07, 6.45) is 0. The quantitative estimate of drug-likeness (QED) is 0.836. The molecule has 1 aromatic heterocycles. The van der Waals surface area contributed by atoms with Crippen molar-refractivity contribution in [1.82, 2.24) is 0 Å². The van der Waals surface area contributed by atoms with E-state index in [1.807, 2.05) is 12.1 Å². The van der Waals surface area contributed by atoms with E-state index in [9.17, 15) is 4.39 Å². The summed E-state index contributed by atoms with van der Waals surface area (Å²) < 4.78 is 15.2. The van der Waals surface area contributed by atoms with Crippen LogP contribution in [0.2, 0.25) is 0 Å². The summed E-state index contributed by atoms with van der Waals surface area (Å²) >= 11 is 8.04. The Morgan fingerprint density at radius 1 is 1.19 bits per heavy atom. The lowest BCUT2D eigenvalue weighted by atomic mass is 10.1. The summed E-state index contributed by atoms with van der Waals surface area (Å²) in [6, 6.07) is 8.54. The molecule has 1 atom stereocenters. The molecule has 5 heteroatoms. The SMILES string of the molecule is NC(c1ccc(Br)s1)c1cccc(Br)c1F. The van der Waals surface area contributed by atoms with Crippen molar-refractivity contribution in [3.63, 3.8) is 0 Å². The second kappa shape index (κ2) is 4.96. The summed E-state index contributed by atoms with van der Waals surface area (Å²) in [7, 11) is 0. The Hall–Kier alpha value is -0.230. The van der Waals surface area contributed by atoms with Crippen molar-refractivity contribution < 1.29 is 4.39 Å². The number of halogens is 3. The van der Waals surface area contributed by atoms with Crippen molar-refractivity contribution in [3.05, 3.63) is 54.8 Å². The molecular formula is C11H8Br2FNS. The molecule has 2 rings (SSSR count). The van der Waals surface area contributed by atoms with Crippen LogP contribution in [0, 0.1) is 5.82 Å². The molecule has 0 spiro atoms. The molecule has 0 aliphatic carbocycles. The van der Waals surface area contributed by atoms with E-state index in [-0.39, 0.29) is 5.82 Å². The number of thiophene rings is 1. The minimum atomic E-state index is -0.422. The van der Waals surface area contributed by atoms with E-state index in [1.165, 1.54) is 11.3 Å². The van der Waals surface area contributed by atoms with Gasteiger partial charge < -0.3 is 5.73 Å². The monoisotopic (exact) mass is 363 g/mol. The third-order valence-electron chi connectivity index (χ3n) is 2.22. The van der Waals surface area contributed by atoms with Gasteiger partial charge in [0.1, 0.15) is 5.82 Å². The number of hydrogen-bond donors (Lipinski definition) is 1. The Kier molecular flexibility index (Phi) is 3.79. The largest absolute Gasteiger partial charge is 0.320 e. The van der Waals surface area contributed by atoms with Crippen LogP contribution >= 0.6 is 43.2 Å².